The Labute approximate surface area is 174 Å². The van der Waals surface area contributed by atoms with E-state index < -0.39 is 10.0 Å². The van der Waals surface area contributed by atoms with Crippen molar-refractivity contribution < 1.29 is 13.2 Å². The molecule has 2 saturated carbocycles. The third-order valence-corrected chi connectivity index (χ3v) is 8.14. The van der Waals surface area contributed by atoms with Crippen LogP contribution in [0.2, 0.25) is 0 Å². The second-order valence-electron chi connectivity index (χ2n) is 7.98. The van der Waals surface area contributed by atoms with Crippen LogP contribution in [0.4, 0.5) is 0 Å². The lowest BCUT2D eigenvalue weighted by Crippen LogP contribution is -2.51. The highest BCUT2D eigenvalue weighted by Gasteiger charge is 2.34. The van der Waals surface area contributed by atoms with Crippen LogP contribution in [0.15, 0.2) is 29.2 Å². The van der Waals surface area contributed by atoms with Crippen LogP contribution < -0.4 is 11.1 Å². The second-order valence-corrected chi connectivity index (χ2v) is 9.98. The summed E-state index contributed by atoms with van der Waals surface area (Å²) in [5.41, 5.74) is 6.03. The predicted molar refractivity (Wildman–Crippen MR) is 113 cm³/mol. The number of nitrogens with one attached hydrogen (secondary N) is 1. The van der Waals surface area contributed by atoms with Crippen molar-refractivity contribution in [2.24, 2.45) is 5.73 Å². The molecule has 1 aromatic carbocycles. The smallest absolute Gasteiger partial charge is 0.251 e. The van der Waals surface area contributed by atoms with Crippen LogP contribution in [0.5, 0.6) is 0 Å². The molecule has 0 aliphatic heterocycles. The molecule has 28 heavy (non-hydrogen) atoms. The lowest BCUT2D eigenvalue weighted by Gasteiger charge is -2.30. The Bertz CT molecular complexity index is 755. The Morgan fingerprint density at radius 1 is 1.11 bits per heavy atom. The first kappa shape index (κ1) is 23.1. The Morgan fingerprint density at radius 3 is 2.21 bits per heavy atom. The van der Waals surface area contributed by atoms with E-state index in [2.05, 4.69) is 5.32 Å². The van der Waals surface area contributed by atoms with Gasteiger partial charge in [0.25, 0.3) is 5.91 Å². The van der Waals surface area contributed by atoms with Gasteiger partial charge in [-0.1, -0.05) is 32.1 Å². The van der Waals surface area contributed by atoms with Crippen molar-refractivity contribution in [2.75, 3.05) is 13.6 Å². The number of hydrogen-bond donors (Lipinski definition) is 2. The summed E-state index contributed by atoms with van der Waals surface area (Å²) in [5.74, 6) is -0.188. The Morgan fingerprint density at radius 2 is 1.68 bits per heavy atom. The van der Waals surface area contributed by atoms with Crippen molar-refractivity contribution in [2.45, 2.75) is 74.3 Å². The molecule has 0 unspecified atom stereocenters. The van der Waals surface area contributed by atoms with E-state index in [1.54, 1.807) is 19.2 Å². The maximum atomic E-state index is 12.9. The minimum Gasteiger partial charge on any atom is -0.345 e. The molecule has 2 aliphatic carbocycles. The maximum Gasteiger partial charge on any atom is 0.251 e. The number of carbonyl (C=O) groups excluding carboxylic acids is 1. The molecule has 0 radical (unpaired) electrons. The van der Waals surface area contributed by atoms with Gasteiger partial charge in [0.05, 0.1) is 10.4 Å². The molecule has 2 fully saturated rings. The van der Waals surface area contributed by atoms with Gasteiger partial charge in [0.2, 0.25) is 10.0 Å². The SMILES string of the molecule is CN(C1CCCCC1)S(=O)(=O)c1ccc(C(=O)NC2(CN)CCCC2)cc1.Cl. The van der Waals surface area contributed by atoms with E-state index in [1.807, 2.05) is 0 Å². The highest BCUT2D eigenvalue weighted by Crippen LogP contribution is 2.29. The molecule has 1 aromatic rings. The lowest BCUT2D eigenvalue weighted by atomic mass is 9.96. The van der Waals surface area contributed by atoms with E-state index >= 15 is 0 Å². The Hall–Kier alpha value is -1.15. The molecule has 3 N–H and O–H groups in total. The molecule has 0 bridgehead atoms. The van der Waals surface area contributed by atoms with Crippen LogP contribution >= 0.6 is 12.4 Å². The van der Waals surface area contributed by atoms with Crippen LogP contribution in [0.25, 0.3) is 0 Å². The quantitative estimate of drug-likeness (QED) is 0.726. The summed E-state index contributed by atoms with van der Waals surface area (Å²) in [7, 11) is -1.87. The summed E-state index contributed by atoms with van der Waals surface area (Å²) in [6.07, 6.45) is 9.10. The van der Waals surface area contributed by atoms with Gasteiger partial charge >= 0.3 is 0 Å². The van der Waals surface area contributed by atoms with Gasteiger partial charge < -0.3 is 11.1 Å². The highest BCUT2D eigenvalue weighted by molar-refractivity contribution is 7.89. The lowest BCUT2D eigenvalue weighted by molar-refractivity contribution is 0.0903. The summed E-state index contributed by atoms with van der Waals surface area (Å²) < 4.78 is 27.3. The van der Waals surface area contributed by atoms with Crippen LogP contribution in [-0.4, -0.2) is 43.8 Å². The summed E-state index contributed by atoms with van der Waals surface area (Å²) in [6, 6.07) is 6.32. The van der Waals surface area contributed by atoms with Gasteiger partial charge in [0, 0.05) is 25.2 Å². The zero-order valence-corrected chi connectivity index (χ0v) is 18.2. The molecule has 6 nitrogen and oxygen atoms in total. The van der Waals surface area contributed by atoms with E-state index in [0.29, 0.717) is 12.1 Å². The van der Waals surface area contributed by atoms with Crippen LogP contribution in [0.3, 0.4) is 0 Å². The minimum absolute atomic E-state index is 0. The summed E-state index contributed by atoms with van der Waals surface area (Å²) in [4.78, 5) is 12.8. The first-order chi connectivity index (χ1) is 12.9. The zero-order chi connectivity index (χ0) is 19.5. The standard InChI is InChI=1S/C20H31N3O3S.ClH/c1-23(17-7-3-2-4-8-17)27(25,26)18-11-9-16(10-12-18)19(24)22-20(15-21)13-5-6-14-20;/h9-12,17H,2-8,13-15,21H2,1H3,(H,22,24);1H. The fourth-order valence-electron chi connectivity index (χ4n) is 4.33. The largest absolute Gasteiger partial charge is 0.345 e. The van der Waals surface area contributed by atoms with Gasteiger partial charge in [0.15, 0.2) is 0 Å². The van der Waals surface area contributed by atoms with Crippen LogP contribution in [0, 0.1) is 0 Å². The van der Waals surface area contributed by atoms with Crippen molar-refractivity contribution in [3.63, 3.8) is 0 Å². The first-order valence-electron chi connectivity index (χ1n) is 9.99. The summed E-state index contributed by atoms with van der Waals surface area (Å²) in [5, 5.41) is 3.07. The van der Waals surface area contributed by atoms with Crippen LogP contribution in [-0.2, 0) is 10.0 Å². The van der Waals surface area contributed by atoms with Crippen molar-refractivity contribution >= 4 is 28.3 Å². The van der Waals surface area contributed by atoms with Gasteiger partial charge in [-0.2, -0.15) is 4.31 Å². The molecule has 0 heterocycles. The Balaban J connectivity index is 0.00000280. The van der Waals surface area contributed by atoms with Crippen molar-refractivity contribution in [3.8, 4) is 0 Å². The molecular weight excluding hydrogens is 398 g/mol. The molecule has 3 rings (SSSR count). The highest BCUT2D eigenvalue weighted by atomic mass is 35.5. The van der Waals surface area contributed by atoms with E-state index in [-0.39, 0.29) is 34.8 Å². The first-order valence-corrected chi connectivity index (χ1v) is 11.4. The molecule has 0 aromatic heterocycles. The third-order valence-electron chi connectivity index (χ3n) is 6.21. The second kappa shape index (κ2) is 9.57. The number of amides is 1. The monoisotopic (exact) mass is 429 g/mol. The number of benzene rings is 1. The Kier molecular flexibility index (Phi) is 7.90. The molecule has 158 valence electrons. The average molecular weight is 430 g/mol. The fraction of sp³-hybridized carbons (Fsp3) is 0.650. The molecule has 8 heteroatoms. The van der Waals surface area contributed by atoms with Gasteiger partial charge in [-0.05, 0) is 49.9 Å². The van der Waals surface area contributed by atoms with E-state index in [4.69, 9.17) is 5.73 Å². The number of rotatable bonds is 6. The van der Waals surface area contributed by atoms with Crippen LogP contribution in [0.1, 0.15) is 68.1 Å². The number of carbonyl (C=O) groups is 1. The van der Waals surface area contributed by atoms with Gasteiger partial charge in [-0.3, -0.25) is 4.79 Å². The van der Waals surface area contributed by atoms with Gasteiger partial charge in [-0.15, -0.1) is 12.4 Å². The average Bonchev–Trinajstić information content (AvgIpc) is 3.17. The number of nitrogens with two attached hydrogens (primary N) is 1. The molecular formula is C20H32ClN3O3S. The van der Waals surface area contributed by atoms with Gasteiger partial charge in [0.1, 0.15) is 0 Å². The zero-order valence-electron chi connectivity index (χ0n) is 16.5. The van der Waals surface area contributed by atoms with E-state index in [9.17, 15) is 13.2 Å². The normalized spacial score (nSPS) is 20.0. The molecule has 2 aliphatic rings. The molecule has 0 atom stereocenters. The van der Waals surface area contributed by atoms with Crippen molar-refractivity contribution in [3.05, 3.63) is 29.8 Å². The number of sulfonamides is 1. The third kappa shape index (κ3) is 4.87. The maximum absolute atomic E-state index is 12.9. The molecule has 1 amide bonds. The van der Waals surface area contributed by atoms with Gasteiger partial charge in [-0.25, -0.2) is 8.42 Å². The minimum atomic E-state index is -3.54. The van der Waals surface area contributed by atoms with E-state index in [1.165, 1.54) is 22.9 Å². The molecule has 0 saturated heterocycles. The summed E-state index contributed by atoms with van der Waals surface area (Å²) in [6.45, 7) is 0.428. The number of nitrogens with zero attached hydrogens (tertiary/aromatic N) is 1. The van der Waals surface area contributed by atoms with Crippen molar-refractivity contribution in [1.82, 2.24) is 9.62 Å². The topological polar surface area (TPSA) is 92.5 Å². The van der Waals surface area contributed by atoms with Crippen molar-refractivity contribution in [1.29, 1.82) is 0 Å². The van der Waals surface area contributed by atoms with E-state index in [0.717, 1.165) is 51.4 Å². The molecule has 0 spiro atoms. The fourth-order valence-corrected chi connectivity index (χ4v) is 5.75. The number of hydrogen-bond acceptors (Lipinski definition) is 4. The predicted octanol–water partition coefficient (Wildman–Crippen LogP) is 3.06. The summed E-state index contributed by atoms with van der Waals surface area (Å²) >= 11 is 0. The number of halogens is 1.